The topological polar surface area (TPSA) is 30.2 Å². The Morgan fingerprint density at radius 2 is 1.91 bits per heavy atom. The van der Waals surface area contributed by atoms with Gasteiger partial charge >= 0.3 is 0 Å². The molecule has 0 bridgehead atoms. The number of rotatable bonds is 0. The Labute approximate surface area is 72.6 Å². The molecule has 5 heteroatoms. The quantitative estimate of drug-likeness (QED) is 0.592. The molecule has 0 aliphatic heterocycles. The summed E-state index contributed by atoms with van der Waals surface area (Å²) in [4.78, 5) is 7.84. The van der Waals surface area contributed by atoms with Gasteiger partial charge in [-0.2, -0.15) is 4.98 Å². The van der Waals surface area contributed by atoms with Crippen molar-refractivity contribution >= 4 is 29.0 Å². The number of aromatic nitrogens is 3. The lowest BCUT2D eigenvalue weighted by molar-refractivity contribution is 1.11. The second-order valence-electron chi connectivity index (χ2n) is 2.02. The molecule has 0 radical (unpaired) electrons. The van der Waals surface area contributed by atoms with E-state index >= 15 is 0 Å². The first-order valence-electron chi connectivity index (χ1n) is 2.92. The van der Waals surface area contributed by atoms with Crippen LogP contribution in [0.3, 0.4) is 0 Å². The van der Waals surface area contributed by atoms with E-state index in [4.69, 9.17) is 23.2 Å². The van der Waals surface area contributed by atoms with Crippen molar-refractivity contribution < 1.29 is 0 Å². The number of hydrogen-bond acceptors (Lipinski definition) is 2. The van der Waals surface area contributed by atoms with Crippen molar-refractivity contribution in [1.82, 2.24) is 14.4 Å². The third-order valence-electron chi connectivity index (χ3n) is 1.26. The van der Waals surface area contributed by atoms with E-state index < -0.39 is 0 Å². The average Bonchev–Trinajstić information content (AvgIpc) is 2.27. The maximum Gasteiger partial charge on any atom is 0.236 e. The van der Waals surface area contributed by atoms with E-state index in [0.29, 0.717) is 16.1 Å². The van der Waals surface area contributed by atoms with Gasteiger partial charge in [0.05, 0.1) is 0 Å². The zero-order valence-electron chi connectivity index (χ0n) is 5.33. The number of hydrogen-bond donors (Lipinski definition) is 0. The lowest BCUT2D eigenvalue weighted by Crippen LogP contribution is -1.85. The molecule has 0 saturated carbocycles. The molecule has 0 saturated heterocycles. The van der Waals surface area contributed by atoms with Crippen molar-refractivity contribution in [3.05, 3.63) is 28.8 Å². The minimum absolute atomic E-state index is 0.416. The van der Waals surface area contributed by atoms with Crippen LogP contribution in [0.25, 0.3) is 5.78 Å². The van der Waals surface area contributed by atoms with Gasteiger partial charge in [0.25, 0.3) is 0 Å². The Hall–Kier alpha value is -0.800. The molecule has 0 aliphatic carbocycles. The van der Waals surface area contributed by atoms with Gasteiger partial charge in [0, 0.05) is 12.4 Å². The first kappa shape index (κ1) is 6.88. The Morgan fingerprint density at radius 3 is 2.73 bits per heavy atom. The highest BCUT2D eigenvalue weighted by molar-refractivity contribution is 6.30. The van der Waals surface area contributed by atoms with Gasteiger partial charge in [0.1, 0.15) is 10.3 Å². The van der Waals surface area contributed by atoms with Gasteiger partial charge in [-0.15, -0.1) is 0 Å². The van der Waals surface area contributed by atoms with Crippen LogP contribution in [0.1, 0.15) is 0 Å². The van der Waals surface area contributed by atoms with Gasteiger partial charge in [-0.3, -0.25) is 4.40 Å². The molecule has 0 atom stereocenters. The van der Waals surface area contributed by atoms with E-state index in [9.17, 15) is 0 Å². The number of halogens is 2. The Bertz CT molecular complexity index is 396. The van der Waals surface area contributed by atoms with Crippen molar-refractivity contribution in [2.45, 2.75) is 0 Å². The summed E-state index contributed by atoms with van der Waals surface area (Å²) in [6.07, 6.45) is 3.42. The van der Waals surface area contributed by atoms with Crippen molar-refractivity contribution in [3.63, 3.8) is 0 Å². The molecule has 0 spiro atoms. The smallest absolute Gasteiger partial charge is 0.236 e. The molecule has 0 N–H and O–H groups in total. The summed E-state index contributed by atoms with van der Waals surface area (Å²) < 4.78 is 1.70. The van der Waals surface area contributed by atoms with Crippen LogP contribution in [0.5, 0.6) is 0 Å². The Morgan fingerprint density at radius 1 is 1.18 bits per heavy atom. The van der Waals surface area contributed by atoms with Crippen LogP contribution in [0.2, 0.25) is 10.3 Å². The zero-order valence-corrected chi connectivity index (χ0v) is 6.84. The summed E-state index contributed by atoms with van der Waals surface area (Å²) >= 11 is 11.2. The van der Waals surface area contributed by atoms with Gasteiger partial charge in [-0.1, -0.05) is 23.2 Å². The van der Waals surface area contributed by atoms with E-state index in [1.807, 2.05) is 0 Å². The molecule has 11 heavy (non-hydrogen) atoms. The third kappa shape index (κ3) is 1.17. The molecule has 3 nitrogen and oxygen atoms in total. The predicted molar refractivity (Wildman–Crippen MR) is 43.0 cm³/mol. The highest BCUT2D eigenvalue weighted by Gasteiger charge is 1.99. The van der Waals surface area contributed by atoms with Crippen molar-refractivity contribution in [2.75, 3.05) is 0 Å². The summed E-state index contributed by atoms with van der Waals surface area (Å²) in [7, 11) is 0. The molecule has 2 aromatic heterocycles. The second-order valence-corrected chi connectivity index (χ2v) is 2.80. The molecule has 56 valence electrons. The van der Waals surface area contributed by atoms with Crippen LogP contribution >= 0.6 is 23.2 Å². The lowest BCUT2D eigenvalue weighted by Gasteiger charge is -1.89. The SMILES string of the molecule is Clc1ccn2cc(Cl)nc2n1. The maximum absolute atomic E-state index is 5.62. The summed E-state index contributed by atoms with van der Waals surface area (Å²) in [5, 5.41) is 0.833. The minimum Gasteiger partial charge on any atom is -0.289 e. The number of imidazole rings is 1. The number of fused-ring (bicyclic) bond motifs is 1. The normalized spacial score (nSPS) is 10.7. The van der Waals surface area contributed by atoms with Gasteiger partial charge < -0.3 is 0 Å². The highest BCUT2D eigenvalue weighted by atomic mass is 35.5. The summed E-state index contributed by atoms with van der Waals surface area (Å²) in [6, 6.07) is 1.67. The van der Waals surface area contributed by atoms with Crippen molar-refractivity contribution in [1.29, 1.82) is 0 Å². The molecule has 0 aromatic carbocycles. The fraction of sp³-hybridized carbons (Fsp3) is 0. The van der Waals surface area contributed by atoms with E-state index in [2.05, 4.69) is 9.97 Å². The molecular weight excluding hydrogens is 185 g/mol. The van der Waals surface area contributed by atoms with Crippen molar-refractivity contribution in [2.24, 2.45) is 0 Å². The predicted octanol–water partition coefficient (Wildman–Crippen LogP) is 2.04. The Balaban J connectivity index is 2.82. The standard InChI is InChI=1S/C6H3Cl2N3/c7-4-1-2-11-3-5(8)10-6(11)9-4/h1-3H. The van der Waals surface area contributed by atoms with E-state index in [-0.39, 0.29) is 0 Å². The summed E-state index contributed by atoms with van der Waals surface area (Å²) in [6.45, 7) is 0. The molecule has 0 fully saturated rings. The van der Waals surface area contributed by atoms with Crippen LogP contribution < -0.4 is 0 Å². The van der Waals surface area contributed by atoms with E-state index in [1.165, 1.54) is 0 Å². The maximum atomic E-state index is 5.62. The Kier molecular flexibility index (Phi) is 1.47. The molecular formula is C6H3Cl2N3. The third-order valence-corrected chi connectivity index (χ3v) is 1.66. The molecule has 2 aromatic rings. The monoisotopic (exact) mass is 187 g/mol. The lowest BCUT2D eigenvalue weighted by atomic mass is 10.7. The second kappa shape index (κ2) is 2.36. The molecule has 0 unspecified atom stereocenters. The average molecular weight is 188 g/mol. The first-order chi connectivity index (χ1) is 5.25. The summed E-state index contributed by atoms with van der Waals surface area (Å²) in [5.41, 5.74) is 0. The van der Waals surface area contributed by atoms with E-state index in [1.54, 1.807) is 22.9 Å². The van der Waals surface area contributed by atoms with Crippen molar-refractivity contribution in [3.8, 4) is 0 Å². The number of nitrogens with zero attached hydrogens (tertiary/aromatic N) is 3. The molecule has 0 aliphatic rings. The van der Waals surface area contributed by atoms with E-state index in [0.717, 1.165) is 0 Å². The van der Waals surface area contributed by atoms with Crippen LogP contribution in [0, 0.1) is 0 Å². The largest absolute Gasteiger partial charge is 0.289 e. The van der Waals surface area contributed by atoms with Crippen LogP contribution in [-0.4, -0.2) is 14.4 Å². The van der Waals surface area contributed by atoms with Crippen LogP contribution in [-0.2, 0) is 0 Å². The first-order valence-corrected chi connectivity index (χ1v) is 3.68. The molecule has 0 amide bonds. The fourth-order valence-electron chi connectivity index (χ4n) is 0.822. The van der Waals surface area contributed by atoms with Gasteiger partial charge in [0.15, 0.2) is 0 Å². The molecule has 2 rings (SSSR count). The fourth-order valence-corrected chi connectivity index (χ4v) is 1.13. The van der Waals surface area contributed by atoms with Gasteiger partial charge in [0.2, 0.25) is 5.78 Å². The van der Waals surface area contributed by atoms with Gasteiger partial charge in [-0.05, 0) is 6.07 Å². The summed E-state index contributed by atoms with van der Waals surface area (Å²) in [5.74, 6) is 0.516. The van der Waals surface area contributed by atoms with Gasteiger partial charge in [-0.25, -0.2) is 4.98 Å². The highest BCUT2D eigenvalue weighted by Crippen LogP contribution is 2.10. The van der Waals surface area contributed by atoms with Crippen LogP contribution in [0.4, 0.5) is 0 Å². The van der Waals surface area contributed by atoms with Crippen LogP contribution in [0.15, 0.2) is 18.5 Å². The zero-order chi connectivity index (χ0) is 7.84. The molecule has 2 heterocycles. The minimum atomic E-state index is 0.416.